The molecule has 0 unspecified atom stereocenters. The van der Waals surface area contributed by atoms with Crippen LogP contribution in [0.1, 0.15) is 22.6 Å². The molecule has 0 saturated carbocycles. The van der Waals surface area contributed by atoms with Crippen molar-refractivity contribution in [2.45, 2.75) is 13.2 Å². The van der Waals surface area contributed by atoms with Crippen molar-refractivity contribution in [3.63, 3.8) is 0 Å². The molecule has 5 rings (SSSR count). The zero-order valence-corrected chi connectivity index (χ0v) is 17.8. The summed E-state index contributed by atoms with van der Waals surface area (Å²) in [4.78, 5) is 4.66. The lowest BCUT2D eigenvalue weighted by Gasteiger charge is -2.10. The summed E-state index contributed by atoms with van der Waals surface area (Å²) in [6.07, 6.45) is 3.71. The fourth-order valence-corrected chi connectivity index (χ4v) is 3.32. The molecule has 0 aliphatic carbocycles. The molecule has 0 spiro atoms. The number of hydrogen-bond acceptors (Lipinski definition) is 6. The summed E-state index contributed by atoms with van der Waals surface area (Å²) >= 11 is 0. The van der Waals surface area contributed by atoms with Crippen molar-refractivity contribution in [3.8, 4) is 11.5 Å². The van der Waals surface area contributed by atoms with Crippen LogP contribution in [-0.2, 0) is 13.2 Å². The Hall–Kier alpha value is -4.52. The van der Waals surface area contributed by atoms with Crippen molar-refractivity contribution in [3.05, 3.63) is 108 Å². The van der Waals surface area contributed by atoms with Gasteiger partial charge in [-0.1, -0.05) is 54.6 Å². The second-order valence-electron chi connectivity index (χ2n) is 7.39. The van der Waals surface area contributed by atoms with Crippen molar-refractivity contribution >= 4 is 23.1 Å². The highest BCUT2D eigenvalue weighted by atomic mass is 16.5. The van der Waals surface area contributed by atoms with Crippen LogP contribution in [-0.4, -0.2) is 25.6 Å². The molecule has 1 N–H and O–H groups in total. The zero-order chi connectivity index (χ0) is 22.3. The van der Waals surface area contributed by atoms with Gasteiger partial charge in [-0.05, 0) is 58.8 Å². The number of nitrogens with zero attached hydrogens (tertiary/aromatic N) is 4. The zero-order valence-electron chi connectivity index (χ0n) is 17.8. The average Bonchev–Trinajstić information content (AvgIpc) is 3.40. The quantitative estimate of drug-likeness (QED) is 0.366. The number of hydrogen-bond donors (Lipinski definition) is 1. The van der Waals surface area contributed by atoms with Gasteiger partial charge >= 0.3 is 0 Å². The number of aromatic nitrogens is 5. The maximum Gasteiger partial charge on any atom is 0.197 e. The fraction of sp³-hybridized carbons (Fsp3) is 0.0769. The number of ether oxygens (including phenoxy) is 2. The van der Waals surface area contributed by atoms with Crippen LogP contribution in [0.2, 0.25) is 0 Å². The van der Waals surface area contributed by atoms with Crippen LogP contribution in [0.3, 0.4) is 0 Å². The number of nitrogens with one attached hydrogen (secondary N) is 1. The monoisotopic (exact) mass is 435 g/mol. The Balaban J connectivity index is 1.16. The molecule has 0 amide bonds. The van der Waals surface area contributed by atoms with E-state index in [4.69, 9.17) is 9.47 Å². The van der Waals surface area contributed by atoms with E-state index in [-0.39, 0.29) is 0 Å². The molecular weight excluding hydrogens is 414 g/mol. The lowest BCUT2D eigenvalue weighted by Crippen LogP contribution is -2.00. The first kappa shape index (κ1) is 20.4. The highest BCUT2D eigenvalue weighted by Gasteiger charge is 2.03. The molecule has 7 nitrogen and oxygen atoms in total. The van der Waals surface area contributed by atoms with Gasteiger partial charge in [-0.25, -0.2) is 4.98 Å². The summed E-state index contributed by atoms with van der Waals surface area (Å²) in [5, 5.41) is 14.8. The van der Waals surface area contributed by atoms with Gasteiger partial charge in [-0.2, -0.15) is 5.21 Å². The standard InChI is InChI=1S/C26H21N5O2/c1-2-7-25-21(5-1)11-12-22(27-25)18-33-24-6-3-4-20(16-24)17-32-23-13-8-19(9-14-23)10-15-26-28-30-31-29-26/h1-16H,17-18H2,(H,28,29,30,31)/b15-10+. The first-order valence-corrected chi connectivity index (χ1v) is 10.5. The second-order valence-corrected chi connectivity index (χ2v) is 7.39. The molecule has 0 radical (unpaired) electrons. The average molecular weight is 435 g/mol. The predicted octanol–water partition coefficient (Wildman–Crippen LogP) is 5.08. The van der Waals surface area contributed by atoms with Crippen LogP contribution in [0.25, 0.3) is 23.1 Å². The van der Waals surface area contributed by atoms with Crippen LogP contribution >= 0.6 is 0 Å². The minimum absolute atomic E-state index is 0.411. The molecule has 5 aromatic rings. The summed E-state index contributed by atoms with van der Waals surface area (Å²) in [6, 6.07) is 27.8. The normalized spacial score (nSPS) is 11.2. The topological polar surface area (TPSA) is 85.8 Å². The Morgan fingerprint density at radius 1 is 0.758 bits per heavy atom. The first-order chi connectivity index (χ1) is 16.3. The Labute approximate surface area is 190 Å². The molecule has 2 heterocycles. The van der Waals surface area contributed by atoms with E-state index in [0.717, 1.165) is 39.2 Å². The van der Waals surface area contributed by atoms with Crippen LogP contribution < -0.4 is 9.47 Å². The molecule has 0 fully saturated rings. The summed E-state index contributed by atoms with van der Waals surface area (Å²) in [7, 11) is 0. The molecule has 0 aliphatic rings. The lowest BCUT2D eigenvalue weighted by atomic mass is 10.2. The largest absolute Gasteiger partial charge is 0.489 e. The third-order valence-electron chi connectivity index (χ3n) is 5.01. The van der Waals surface area contributed by atoms with Crippen LogP contribution in [0.15, 0.2) is 84.9 Å². The maximum absolute atomic E-state index is 5.96. The number of para-hydroxylation sites is 1. The molecule has 33 heavy (non-hydrogen) atoms. The lowest BCUT2D eigenvalue weighted by molar-refractivity contribution is 0.293. The van der Waals surface area contributed by atoms with Gasteiger partial charge in [0.15, 0.2) is 5.82 Å². The van der Waals surface area contributed by atoms with Crippen molar-refractivity contribution in [2.24, 2.45) is 0 Å². The van der Waals surface area contributed by atoms with Gasteiger partial charge in [0.05, 0.1) is 11.2 Å². The maximum atomic E-state index is 5.96. The number of rotatable bonds is 8. The van der Waals surface area contributed by atoms with E-state index in [1.165, 1.54) is 0 Å². The summed E-state index contributed by atoms with van der Waals surface area (Å²) < 4.78 is 11.9. The molecule has 0 atom stereocenters. The first-order valence-electron chi connectivity index (χ1n) is 10.5. The molecule has 7 heteroatoms. The van der Waals surface area contributed by atoms with Gasteiger partial charge < -0.3 is 9.47 Å². The number of tetrazole rings is 1. The Bertz CT molecular complexity index is 1370. The summed E-state index contributed by atoms with van der Waals surface area (Å²) in [5.74, 6) is 2.11. The molecular formula is C26H21N5O2. The van der Waals surface area contributed by atoms with Gasteiger partial charge in [0, 0.05) is 5.39 Å². The minimum atomic E-state index is 0.411. The molecule has 3 aromatic carbocycles. The van der Waals surface area contributed by atoms with E-state index >= 15 is 0 Å². The Kier molecular flexibility index (Phi) is 6.02. The Morgan fingerprint density at radius 2 is 1.64 bits per heavy atom. The van der Waals surface area contributed by atoms with Crippen molar-refractivity contribution in [2.75, 3.05) is 0 Å². The smallest absolute Gasteiger partial charge is 0.197 e. The SMILES string of the molecule is C(=C\c1nn[nH]n1)/c1ccc(OCc2cccc(OCc3ccc4ccccc4n3)c2)cc1. The van der Waals surface area contributed by atoms with E-state index in [1.807, 2.05) is 78.9 Å². The third kappa shape index (κ3) is 5.40. The number of pyridine rings is 1. The van der Waals surface area contributed by atoms with Crippen LogP contribution in [0.5, 0.6) is 11.5 Å². The molecule has 162 valence electrons. The van der Waals surface area contributed by atoms with Crippen molar-refractivity contribution in [1.82, 2.24) is 25.6 Å². The summed E-state index contributed by atoms with van der Waals surface area (Å²) in [5.41, 5.74) is 3.91. The van der Waals surface area contributed by atoms with Gasteiger partial charge in [0.1, 0.15) is 24.7 Å². The van der Waals surface area contributed by atoms with Gasteiger partial charge in [0.25, 0.3) is 0 Å². The second kappa shape index (κ2) is 9.74. The molecule has 0 bridgehead atoms. The van der Waals surface area contributed by atoms with E-state index in [1.54, 1.807) is 6.08 Å². The van der Waals surface area contributed by atoms with Crippen molar-refractivity contribution in [1.29, 1.82) is 0 Å². The van der Waals surface area contributed by atoms with E-state index < -0.39 is 0 Å². The Morgan fingerprint density at radius 3 is 2.52 bits per heavy atom. The van der Waals surface area contributed by atoms with Crippen LogP contribution in [0, 0.1) is 0 Å². The van der Waals surface area contributed by atoms with E-state index in [0.29, 0.717) is 19.0 Å². The number of benzene rings is 3. The fourth-order valence-electron chi connectivity index (χ4n) is 3.32. The summed E-state index contributed by atoms with van der Waals surface area (Å²) in [6.45, 7) is 0.859. The molecule has 0 aliphatic heterocycles. The van der Waals surface area contributed by atoms with Crippen molar-refractivity contribution < 1.29 is 9.47 Å². The highest BCUT2D eigenvalue weighted by molar-refractivity contribution is 5.78. The van der Waals surface area contributed by atoms with Gasteiger partial charge in [-0.3, -0.25) is 0 Å². The number of aromatic amines is 1. The molecule has 0 saturated heterocycles. The van der Waals surface area contributed by atoms with Gasteiger partial charge in [-0.15, -0.1) is 10.2 Å². The predicted molar refractivity (Wildman–Crippen MR) is 126 cm³/mol. The number of H-pyrrole nitrogens is 1. The van der Waals surface area contributed by atoms with E-state index in [2.05, 4.69) is 37.7 Å². The van der Waals surface area contributed by atoms with Gasteiger partial charge in [0.2, 0.25) is 0 Å². The third-order valence-corrected chi connectivity index (χ3v) is 5.01. The van der Waals surface area contributed by atoms with Crippen LogP contribution in [0.4, 0.5) is 0 Å². The van der Waals surface area contributed by atoms with E-state index in [9.17, 15) is 0 Å². The number of fused-ring (bicyclic) bond motifs is 1. The molecule has 2 aromatic heterocycles. The minimum Gasteiger partial charge on any atom is -0.489 e. The highest BCUT2D eigenvalue weighted by Crippen LogP contribution is 2.19.